The second-order valence-corrected chi connectivity index (χ2v) is 5.11. The number of piperidine rings is 1. The predicted molar refractivity (Wildman–Crippen MR) is 65.9 cm³/mol. The van der Waals surface area contributed by atoms with E-state index in [4.69, 9.17) is 4.42 Å². The summed E-state index contributed by atoms with van der Waals surface area (Å²) in [6.45, 7) is 2.93. The molecule has 1 fully saturated rings. The van der Waals surface area contributed by atoms with Crippen LogP contribution in [-0.2, 0) is 12.8 Å². The van der Waals surface area contributed by atoms with Crippen molar-refractivity contribution in [3.63, 3.8) is 0 Å². The summed E-state index contributed by atoms with van der Waals surface area (Å²) in [5.74, 6) is 1.59. The predicted octanol–water partition coefficient (Wildman–Crippen LogP) is 1.62. The van der Waals surface area contributed by atoms with Crippen LogP contribution < -0.4 is 0 Å². The molecule has 0 radical (unpaired) electrons. The van der Waals surface area contributed by atoms with Crippen molar-refractivity contribution in [1.82, 2.24) is 9.88 Å². The van der Waals surface area contributed by atoms with Crippen LogP contribution in [0.15, 0.2) is 10.6 Å². The molecule has 0 aliphatic carbocycles. The van der Waals surface area contributed by atoms with Crippen molar-refractivity contribution in [2.75, 3.05) is 13.6 Å². The molecule has 2 heterocycles. The molecular formula is C13H22N2O2. The van der Waals surface area contributed by atoms with Gasteiger partial charge in [-0.05, 0) is 33.4 Å². The number of nitrogens with zero attached hydrogens (tertiary/aromatic N) is 2. The minimum absolute atomic E-state index is 0.367. The summed E-state index contributed by atoms with van der Waals surface area (Å²) in [5, 5.41) is 9.28. The van der Waals surface area contributed by atoms with Crippen LogP contribution in [0, 0.1) is 0 Å². The number of hydrogen-bond acceptors (Lipinski definition) is 4. The minimum atomic E-state index is -0.367. The molecule has 96 valence electrons. The molecule has 0 aromatic carbocycles. The molecule has 0 amide bonds. The minimum Gasteiger partial charge on any atom is -0.446 e. The van der Waals surface area contributed by atoms with E-state index in [1.165, 1.54) is 25.8 Å². The van der Waals surface area contributed by atoms with Gasteiger partial charge in [-0.1, -0.05) is 6.42 Å². The number of oxazole rings is 1. The van der Waals surface area contributed by atoms with Crippen LogP contribution in [-0.4, -0.2) is 40.7 Å². The Bertz CT molecular complexity index is 349. The fraction of sp³-hybridized carbons (Fsp3) is 0.769. The molecular weight excluding hydrogens is 216 g/mol. The third kappa shape index (κ3) is 3.54. The molecule has 1 aromatic rings. The Balaban J connectivity index is 1.91. The lowest BCUT2D eigenvalue weighted by atomic mass is 10.0. The van der Waals surface area contributed by atoms with Gasteiger partial charge in [0, 0.05) is 18.9 Å². The maximum Gasteiger partial charge on any atom is 0.195 e. The van der Waals surface area contributed by atoms with Crippen LogP contribution in [0.1, 0.15) is 37.8 Å². The van der Waals surface area contributed by atoms with E-state index < -0.39 is 0 Å². The summed E-state index contributed by atoms with van der Waals surface area (Å²) < 4.78 is 5.65. The van der Waals surface area contributed by atoms with Crippen molar-refractivity contribution < 1.29 is 9.52 Å². The van der Waals surface area contributed by atoms with Crippen LogP contribution in [0.25, 0.3) is 0 Å². The number of rotatable bonds is 4. The van der Waals surface area contributed by atoms with E-state index in [0.717, 1.165) is 18.1 Å². The highest BCUT2D eigenvalue weighted by Gasteiger charge is 2.21. The number of aromatic nitrogens is 1. The Morgan fingerprint density at radius 2 is 2.41 bits per heavy atom. The van der Waals surface area contributed by atoms with E-state index in [9.17, 15) is 5.11 Å². The Morgan fingerprint density at radius 1 is 1.59 bits per heavy atom. The van der Waals surface area contributed by atoms with Gasteiger partial charge in [-0.3, -0.25) is 0 Å². The first-order chi connectivity index (χ1) is 8.15. The van der Waals surface area contributed by atoms with Crippen molar-refractivity contribution in [2.45, 2.75) is 51.2 Å². The summed E-state index contributed by atoms with van der Waals surface area (Å²) >= 11 is 0. The van der Waals surface area contributed by atoms with Crippen molar-refractivity contribution >= 4 is 0 Å². The van der Waals surface area contributed by atoms with Gasteiger partial charge in [-0.15, -0.1) is 0 Å². The molecule has 2 unspecified atom stereocenters. The third-order valence-electron chi connectivity index (χ3n) is 3.43. The smallest absolute Gasteiger partial charge is 0.195 e. The average Bonchev–Trinajstić information content (AvgIpc) is 2.68. The molecule has 1 saturated heterocycles. The molecule has 4 nitrogen and oxygen atoms in total. The van der Waals surface area contributed by atoms with Crippen LogP contribution in [0.5, 0.6) is 0 Å². The number of aliphatic hydroxyl groups excluding tert-OH is 1. The highest BCUT2D eigenvalue weighted by Crippen LogP contribution is 2.19. The Hall–Kier alpha value is -0.870. The van der Waals surface area contributed by atoms with Crippen molar-refractivity contribution in [3.8, 4) is 0 Å². The Morgan fingerprint density at radius 3 is 3.12 bits per heavy atom. The van der Waals surface area contributed by atoms with E-state index in [2.05, 4.69) is 16.9 Å². The maximum absolute atomic E-state index is 9.28. The average molecular weight is 238 g/mol. The fourth-order valence-corrected chi connectivity index (χ4v) is 2.43. The SMILES string of the molecule is CC(O)Cc1cnc(CC2CCCCN2C)o1. The molecule has 1 aliphatic heterocycles. The van der Waals surface area contributed by atoms with Crippen molar-refractivity contribution in [3.05, 3.63) is 17.8 Å². The van der Waals surface area contributed by atoms with Gasteiger partial charge >= 0.3 is 0 Å². The summed E-state index contributed by atoms with van der Waals surface area (Å²) in [7, 11) is 2.17. The van der Waals surface area contributed by atoms with E-state index >= 15 is 0 Å². The van der Waals surface area contributed by atoms with E-state index in [0.29, 0.717) is 12.5 Å². The van der Waals surface area contributed by atoms with Crippen molar-refractivity contribution in [1.29, 1.82) is 0 Å². The van der Waals surface area contributed by atoms with Crippen LogP contribution in [0.4, 0.5) is 0 Å². The maximum atomic E-state index is 9.28. The number of likely N-dealkylation sites (N-methyl/N-ethyl adjacent to an activating group) is 1. The second kappa shape index (κ2) is 5.65. The molecule has 17 heavy (non-hydrogen) atoms. The second-order valence-electron chi connectivity index (χ2n) is 5.11. The molecule has 0 saturated carbocycles. The molecule has 2 rings (SSSR count). The zero-order valence-corrected chi connectivity index (χ0v) is 10.7. The summed E-state index contributed by atoms with van der Waals surface area (Å²) in [4.78, 5) is 6.68. The first-order valence-corrected chi connectivity index (χ1v) is 6.47. The van der Waals surface area contributed by atoms with Gasteiger partial charge in [0.2, 0.25) is 0 Å². The molecule has 0 bridgehead atoms. The standard InChI is InChI=1S/C13H22N2O2/c1-10(16)7-12-9-14-13(17-12)8-11-5-3-4-6-15(11)2/h9-11,16H,3-8H2,1-2H3. The van der Waals surface area contributed by atoms with Gasteiger partial charge in [-0.2, -0.15) is 0 Å². The van der Waals surface area contributed by atoms with Crippen LogP contribution in [0.2, 0.25) is 0 Å². The van der Waals surface area contributed by atoms with Crippen molar-refractivity contribution in [2.24, 2.45) is 0 Å². The normalized spacial score (nSPS) is 23.8. The first kappa shape index (κ1) is 12.6. The Labute approximate surface area is 103 Å². The zero-order valence-electron chi connectivity index (χ0n) is 10.7. The van der Waals surface area contributed by atoms with Gasteiger partial charge in [0.1, 0.15) is 5.76 Å². The molecule has 4 heteroatoms. The quantitative estimate of drug-likeness (QED) is 0.866. The summed E-state index contributed by atoms with van der Waals surface area (Å²) in [6.07, 6.45) is 6.63. The molecule has 1 aromatic heterocycles. The molecule has 1 aliphatic rings. The highest BCUT2D eigenvalue weighted by molar-refractivity contribution is 4.97. The highest BCUT2D eigenvalue weighted by atomic mass is 16.4. The van der Waals surface area contributed by atoms with Gasteiger partial charge in [-0.25, -0.2) is 4.98 Å². The third-order valence-corrected chi connectivity index (χ3v) is 3.43. The monoisotopic (exact) mass is 238 g/mol. The lowest BCUT2D eigenvalue weighted by Gasteiger charge is -2.31. The van der Waals surface area contributed by atoms with Crippen LogP contribution in [0.3, 0.4) is 0 Å². The van der Waals surface area contributed by atoms with Gasteiger partial charge in [0.25, 0.3) is 0 Å². The van der Waals surface area contributed by atoms with Crippen LogP contribution >= 0.6 is 0 Å². The fourth-order valence-electron chi connectivity index (χ4n) is 2.43. The van der Waals surface area contributed by atoms with Gasteiger partial charge < -0.3 is 14.4 Å². The molecule has 2 atom stereocenters. The number of aliphatic hydroxyl groups is 1. The van der Waals surface area contributed by atoms with E-state index in [-0.39, 0.29) is 6.10 Å². The zero-order chi connectivity index (χ0) is 12.3. The molecule has 1 N–H and O–H groups in total. The van der Waals surface area contributed by atoms with Gasteiger partial charge in [0.05, 0.1) is 12.3 Å². The lowest BCUT2D eigenvalue weighted by Crippen LogP contribution is -2.37. The van der Waals surface area contributed by atoms with E-state index in [1.54, 1.807) is 13.1 Å². The largest absolute Gasteiger partial charge is 0.446 e. The topological polar surface area (TPSA) is 49.5 Å². The Kier molecular flexibility index (Phi) is 4.18. The number of hydrogen-bond donors (Lipinski definition) is 1. The van der Waals surface area contributed by atoms with Gasteiger partial charge in [0.15, 0.2) is 5.89 Å². The summed E-state index contributed by atoms with van der Waals surface area (Å²) in [6, 6.07) is 0.557. The summed E-state index contributed by atoms with van der Waals surface area (Å²) in [5.41, 5.74) is 0. The first-order valence-electron chi connectivity index (χ1n) is 6.47. The number of likely N-dealkylation sites (tertiary alicyclic amines) is 1. The van der Waals surface area contributed by atoms with E-state index in [1.807, 2.05) is 0 Å². The lowest BCUT2D eigenvalue weighted by molar-refractivity contribution is 0.172. The molecule has 0 spiro atoms.